The summed E-state index contributed by atoms with van der Waals surface area (Å²) in [5, 5.41) is 10.6. The number of nitrogens with zero attached hydrogens (tertiary/aromatic N) is 2. The largest absolute Gasteiger partial charge is 0.493 e. The first-order chi connectivity index (χ1) is 12.7. The van der Waals surface area contributed by atoms with Gasteiger partial charge in [0.05, 0.1) is 13.7 Å². The van der Waals surface area contributed by atoms with E-state index in [-0.39, 0.29) is 12.5 Å². The molecule has 0 aliphatic rings. The number of benzene rings is 1. The smallest absolute Gasteiger partial charge is 0.247 e. The summed E-state index contributed by atoms with van der Waals surface area (Å²) in [4.78, 5) is 15.3. The average Bonchev–Trinajstić information content (AvgIpc) is 3.17. The van der Waals surface area contributed by atoms with Crippen molar-refractivity contribution < 1.29 is 14.3 Å². The van der Waals surface area contributed by atoms with E-state index in [4.69, 9.17) is 14.7 Å². The van der Waals surface area contributed by atoms with Crippen LogP contribution in [0.1, 0.15) is 10.4 Å². The molecular formula is C20H20N2O3S. The highest BCUT2D eigenvalue weighted by Gasteiger charge is 2.11. The number of rotatable bonds is 9. The molecule has 0 spiro atoms. The highest BCUT2D eigenvalue weighted by atomic mass is 32.1. The minimum Gasteiger partial charge on any atom is -0.493 e. The van der Waals surface area contributed by atoms with Crippen LogP contribution in [0.3, 0.4) is 0 Å². The normalized spacial score (nSPS) is 10.3. The number of nitriles is 1. The Labute approximate surface area is 157 Å². The van der Waals surface area contributed by atoms with Gasteiger partial charge in [0.2, 0.25) is 5.91 Å². The van der Waals surface area contributed by atoms with E-state index >= 15 is 0 Å². The summed E-state index contributed by atoms with van der Waals surface area (Å²) in [6.45, 7) is 4.70. The lowest BCUT2D eigenvalue weighted by Crippen LogP contribution is -2.28. The molecule has 0 atom stereocenters. The van der Waals surface area contributed by atoms with Gasteiger partial charge in [-0.25, -0.2) is 0 Å². The molecular weight excluding hydrogens is 348 g/mol. The fourth-order valence-electron chi connectivity index (χ4n) is 2.27. The number of methoxy groups -OCH3 is 1. The van der Waals surface area contributed by atoms with Crippen molar-refractivity contribution in [3.05, 3.63) is 64.9 Å². The van der Waals surface area contributed by atoms with Crippen LogP contribution in [0.15, 0.2) is 54.4 Å². The molecule has 6 heteroatoms. The van der Waals surface area contributed by atoms with Crippen molar-refractivity contribution in [3.63, 3.8) is 0 Å². The molecule has 0 bridgehead atoms. The van der Waals surface area contributed by atoms with Gasteiger partial charge in [-0.05, 0) is 35.2 Å². The van der Waals surface area contributed by atoms with Crippen LogP contribution in [0.5, 0.6) is 11.5 Å². The predicted octanol–water partition coefficient (Wildman–Crippen LogP) is 3.89. The van der Waals surface area contributed by atoms with Crippen molar-refractivity contribution in [3.8, 4) is 17.6 Å². The van der Waals surface area contributed by atoms with E-state index in [1.807, 2.05) is 23.6 Å². The molecule has 26 heavy (non-hydrogen) atoms. The molecule has 0 aliphatic heterocycles. The minimum atomic E-state index is -0.0953. The first-order valence-corrected chi connectivity index (χ1v) is 8.84. The Hall–Kier alpha value is -3.04. The number of carbonyl (C=O) groups is 1. The van der Waals surface area contributed by atoms with Gasteiger partial charge in [-0.1, -0.05) is 18.2 Å². The van der Waals surface area contributed by atoms with Gasteiger partial charge in [-0.2, -0.15) is 5.26 Å². The average molecular weight is 368 g/mol. The van der Waals surface area contributed by atoms with Gasteiger partial charge in [0.25, 0.3) is 0 Å². The Bertz CT molecular complexity index is 807. The Morgan fingerprint density at radius 3 is 2.88 bits per heavy atom. The molecule has 1 aromatic carbocycles. The molecule has 5 nitrogen and oxygen atoms in total. The highest BCUT2D eigenvalue weighted by molar-refractivity contribution is 7.09. The molecule has 0 unspecified atom stereocenters. The van der Waals surface area contributed by atoms with Crippen LogP contribution in [-0.2, 0) is 11.3 Å². The van der Waals surface area contributed by atoms with Gasteiger partial charge in [0.15, 0.2) is 18.1 Å². The van der Waals surface area contributed by atoms with Crippen LogP contribution in [0.4, 0.5) is 0 Å². The maximum atomic E-state index is 12.5. The number of carbonyl (C=O) groups excluding carboxylic acids is 1. The zero-order valence-electron chi connectivity index (χ0n) is 14.6. The lowest BCUT2D eigenvalue weighted by atomic mass is 10.2. The zero-order chi connectivity index (χ0) is 18.8. The minimum absolute atomic E-state index is 0.0523. The van der Waals surface area contributed by atoms with Crippen molar-refractivity contribution in [1.82, 2.24) is 4.90 Å². The fourth-order valence-corrected chi connectivity index (χ4v) is 2.99. The molecule has 2 rings (SSSR count). The molecule has 2 aromatic rings. The fraction of sp³-hybridized carbons (Fsp3) is 0.200. The third-order valence-corrected chi connectivity index (χ3v) is 4.35. The van der Waals surface area contributed by atoms with Gasteiger partial charge in [0.1, 0.15) is 6.07 Å². The van der Waals surface area contributed by atoms with Crippen LogP contribution in [-0.4, -0.2) is 31.1 Å². The second kappa shape index (κ2) is 10.1. The first kappa shape index (κ1) is 19.3. The maximum Gasteiger partial charge on any atom is 0.247 e. The SMILES string of the molecule is C=CCN(Cc1cccs1)C(=O)/C=C/c1ccc(OCC#N)c(OC)c1. The van der Waals surface area contributed by atoms with E-state index in [1.165, 1.54) is 13.2 Å². The molecule has 0 saturated heterocycles. The maximum absolute atomic E-state index is 12.5. The van der Waals surface area contributed by atoms with Crippen molar-refractivity contribution in [1.29, 1.82) is 5.26 Å². The number of ether oxygens (including phenoxy) is 2. The molecule has 134 valence electrons. The standard InChI is InChI=1S/C20H20N2O3S/c1-3-11-22(15-17-5-4-13-26-17)20(23)9-7-16-6-8-18(25-12-10-21)19(14-16)24-2/h3-9,13-14H,1,11-12,15H2,2H3/b9-7+. The van der Waals surface area contributed by atoms with Gasteiger partial charge in [-0.3, -0.25) is 4.79 Å². The van der Waals surface area contributed by atoms with Gasteiger partial charge in [-0.15, -0.1) is 17.9 Å². The predicted molar refractivity (Wildman–Crippen MR) is 103 cm³/mol. The first-order valence-electron chi connectivity index (χ1n) is 7.96. The quantitative estimate of drug-likeness (QED) is 0.498. The molecule has 1 heterocycles. The van der Waals surface area contributed by atoms with E-state index < -0.39 is 0 Å². The van der Waals surface area contributed by atoms with Crippen LogP contribution < -0.4 is 9.47 Å². The number of thiophene rings is 1. The summed E-state index contributed by atoms with van der Waals surface area (Å²) in [5.41, 5.74) is 0.800. The lowest BCUT2D eigenvalue weighted by Gasteiger charge is -2.18. The summed E-state index contributed by atoms with van der Waals surface area (Å²) in [6.07, 6.45) is 4.97. The van der Waals surface area contributed by atoms with Crippen molar-refractivity contribution in [2.24, 2.45) is 0 Å². The summed E-state index contributed by atoms with van der Waals surface area (Å²) in [7, 11) is 1.53. The van der Waals surface area contributed by atoms with E-state index in [9.17, 15) is 4.79 Å². The van der Waals surface area contributed by atoms with Crippen LogP contribution in [0.2, 0.25) is 0 Å². The lowest BCUT2D eigenvalue weighted by molar-refractivity contribution is -0.126. The van der Waals surface area contributed by atoms with Crippen molar-refractivity contribution in [2.45, 2.75) is 6.54 Å². The molecule has 1 aromatic heterocycles. The highest BCUT2D eigenvalue weighted by Crippen LogP contribution is 2.28. The summed E-state index contributed by atoms with van der Waals surface area (Å²) >= 11 is 1.62. The Morgan fingerprint density at radius 1 is 1.38 bits per heavy atom. The van der Waals surface area contributed by atoms with Gasteiger partial charge >= 0.3 is 0 Å². The molecule has 0 saturated carbocycles. The molecule has 0 aliphatic carbocycles. The third kappa shape index (κ3) is 5.50. The molecule has 0 N–H and O–H groups in total. The van der Waals surface area contributed by atoms with E-state index in [1.54, 1.807) is 46.6 Å². The number of amides is 1. The van der Waals surface area contributed by atoms with Gasteiger partial charge < -0.3 is 14.4 Å². The monoisotopic (exact) mass is 368 g/mol. The van der Waals surface area contributed by atoms with Crippen molar-refractivity contribution >= 4 is 23.3 Å². The zero-order valence-corrected chi connectivity index (χ0v) is 15.4. The molecule has 0 radical (unpaired) electrons. The van der Waals surface area contributed by atoms with Crippen LogP contribution >= 0.6 is 11.3 Å². The van der Waals surface area contributed by atoms with Crippen molar-refractivity contribution in [2.75, 3.05) is 20.3 Å². The number of hydrogen-bond acceptors (Lipinski definition) is 5. The van der Waals surface area contributed by atoms with Crippen LogP contribution in [0.25, 0.3) is 6.08 Å². The summed E-state index contributed by atoms with van der Waals surface area (Å²) in [6, 6.07) is 11.2. The topological polar surface area (TPSA) is 62.6 Å². The Morgan fingerprint density at radius 2 is 2.23 bits per heavy atom. The molecule has 0 fully saturated rings. The Balaban J connectivity index is 2.09. The van der Waals surface area contributed by atoms with E-state index in [0.29, 0.717) is 24.6 Å². The van der Waals surface area contributed by atoms with Gasteiger partial charge in [0, 0.05) is 17.5 Å². The third-order valence-electron chi connectivity index (χ3n) is 3.49. The van der Waals surface area contributed by atoms with E-state index in [2.05, 4.69) is 6.58 Å². The van der Waals surface area contributed by atoms with Crippen LogP contribution in [0, 0.1) is 11.3 Å². The second-order valence-electron chi connectivity index (χ2n) is 5.28. The van der Waals surface area contributed by atoms with E-state index in [0.717, 1.165) is 10.4 Å². The number of hydrogen-bond donors (Lipinski definition) is 0. The second-order valence-corrected chi connectivity index (χ2v) is 6.31. The molecule has 1 amide bonds. The summed E-state index contributed by atoms with van der Waals surface area (Å²) < 4.78 is 10.6. The Kier molecular flexibility index (Phi) is 7.47. The summed E-state index contributed by atoms with van der Waals surface area (Å²) in [5.74, 6) is 0.905.